The highest BCUT2D eigenvalue weighted by Crippen LogP contribution is 2.30. The number of nitrogens with two attached hydrogens (primary N) is 2. The highest BCUT2D eigenvalue weighted by atomic mass is 35.5. The zero-order chi connectivity index (χ0) is 19.0. The highest BCUT2D eigenvalue weighted by Gasteiger charge is 2.09. The van der Waals surface area contributed by atoms with Crippen LogP contribution in [0.15, 0.2) is 36.4 Å². The van der Waals surface area contributed by atoms with E-state index in [0.29, 0.717) is 38.5 Å². The van der Waals surface area contributed by atoms with Gasteiger partial charge >= 0.3 is 0 Å². The van der Waals surface area contributed by atoms with E-state index in [0.717, 1.165) is 5.56 Å². The number of methoxy groups -OCH3 is 2. The number of halogens is 2. The molecule has 0 aliphatic carbocycles. The van der Waals surface area contributed by atoms with Crippen molar-refractivity contribution in [3.63, 3.8) is 0 Å². The van der Waals surface area contributed by atoms with Gasteiger partial charge in [-0.05, 0) is 12.1 Å². The van der Waals surface area contributed by atoms with Crippen molar-refractivity contribution in [3.05, 3.63) is 57.6 Å². The van der Waals surface area contributed by atoms with Gasteiger partial charge in [0.05, 0.1) is 29.3 Å². The van der Waals surface area contributed by atoms with Gasteiger partial charge in [-0.1, -0.05) is 71.9 Å². The minimum atomic E-state index is 0.262. The van der Waals surface area contributed by atoms with Crippen LogP contribution in [0.3, 0.4) is 0 Å². The lowest BCUT2D eigenvalue weighted by Crippen LogP contribution is -2.12. The third-order valence-electron chi connectivity index (χ3n) is 3.07. The first kappa shape index (κ1) is 21.4. The van der Waals surface area contributed by atoms with Crippen LogP contribution >= 0.6 is 47.6 Å². The number of thiocarbonyl (C=S) groups is 2. The first-order valence-electron chi connectivity index (χ1n) is 7.03. The molecule has 0 atom stereocenters. The molecule has 8 heteroatoms. The van der Waals surface area contributed by atoms with Crippen molar-refractivity contribution in [2.24, 2.45) is 11.5 Å². The molecule has 25 heavy (non-hydrogen) atoms. The van der Waals surface area contributed by atoms with Crippen LogP contribution in [-0.2, 0) is 6.42 Å². The molecule has 134 valence electrons. The van der Waals surface area contributed by atoms with E-state index in [4.69, 9.17) is 68.6 Å². The molecule has 0 bridgehead atoms. The molecule has 0 radical (unpaired) electrons. The summed E-state index contributed by atoms with van der Waals surface area (Å²) in [6.45, 7) is 0. The summed E-state index contributed by atoms with van der Waals surface area (Å²) < 4.78 is 10.4. The van der Waals surface area contributed by atoms with E-state index < -0.39 is 0 Å². The fourth-order valence-electron chi connectivity index (χ4n) is 1.97. The van der Waals surface area contributed by atoms with Gasteiger partial charge in [-0.15, -0.1) is 0 Å². The van der Waals surface area contributed by atoms with Crippen LogP contribution in [0.2, 0.25) is 10.0 Å². The summed E-state index contributed by atoms with van der Waals surface area (Å²) in [6.07, 6.45) is 0.524. The maximum Gasteiger partial charge on any atom is 0.164 e. The summed E-state index contributed by atoms with van der Waals surface area (Å²) in [5, 5.41) is 0.888. The zero-order valence-electron chi connectivity index (χ0n) is 13.7. The Morgan fingerprint density at radius 2 is 1.64 bits per heavy atom. The maximum absolute atomic E-state index is 5.79. The molecule has 4 N–H and O–H groups in total. The monoisotopic (exact) mass is 416 g/mol. The van der Waals surface area contributed by atoms with Crippen molar-refractivity contribution in [3.8, 4) is 11.5 Å². The van der Waals surface area contributed by atoms with E-state index >= 15 is 0 Å². The predicted octanol–water partition coefficient (Wildman–Crippen LogP) is 4.16. The standard InChI is InChI=1S/C10H13NO2S.C7H5Cl2NS/c1-12-8-5-3-4-7(6-9(11)14)10(8)13-2;8-5-3-1-2-4(6(5)9)7(10)11/h3-5H,6H2,1-2H3,(H2,11,14);1-3H,(H2,10,11). The third-order valence-corrected chi connectivity index (χ3v) is 4.25. The molecule has 4 nitrogen and oxygen atoms in total. The Kier molecular flexibility index (Phi) is 8.92. The summed E-state index contributed by atoms with van der Waals surface area (Å²) >= 11 is 21.1. The molecule has 0 fully saturated rings. The average molecular weight is 417 g/mol. The fraction of sp³-hybridized carbons (Fsp3) is 0.176. The first-order valence-corrected chi connectivity index (χ1v) is 8.61. The molecule has 0 aliphatic heterocycles. The van der Waals surface area contributed by atoms with E-state index in [1.807, 2.05) is 18.2 Å². The second-order valence-corrected chi connectivity index (χ2v) is 6.51. The van der Waals surface area contributed by atoms with Gasteiger partial charge in [0, 0.05) is 17.5 Å². The summed E-state index contributed by atoms with van der Waals surface area (Å²) in [4.78, 5) is 0.703. The normalized spacial score (nSPS) is 9.60. The molecular weight excluding hydrogens is 399 g/mol. The fourth-order valence-corrected chi connectivity index (χ4v) is 2.76. The minimum Gasteiger partial charge on any atom is -0.493 e. The van der Waals surface area contributed by atoms with Crippen LogP contribution in [0, 0.1) is 0 Å². The van der Waals surface area contributed by atoms with Gasteiger partial charge in [0.2, 0.25) is 0 Å². The van der Waals surface area contributed by atoms with E-state index in [1.54, 1.807) is 32.4 Å². The quantitative estimate of drug-likeness (QED) is 0.712. The molecule has 0 saturated carbocycles. The second-order valence-electron chi connectivity index (χ2n) is 4.76. The topological polar surface area (TPSA) is 70.5 Å². The molecule has 0 aliphatic rings. The average Bonchev–Trinajstić information content (AvgIpc) is 2.56. The third kappa shape index (κ3) is 6.32. The summed E-state index contributed by atoms with van der Waals surface area (Å²) in [5.74, 6) is 1.39. The van der Waals surface area contributed by atoms with Crippen molar-refractivity contribution < 1.29 is 9.47 Å². The summed E-state index contributed by atoms with van der Waals surface area (Å²) in [7, 11) is 3.20. The van der Waals surface area contributed by atoms with Gasteiger partial charge in [-0.25, -0.2) is 0 Å². The van der Waals surface area contributed by atoms with E-state index in [9.17, 15) is 0 Å². The predicted molar refractivity (Wildman–Crippen MR) is 112 cm³/mol. The first-order chi connectivity index (χ1) is 11.8. The molecule has 0 amide bonds. The Labute approximate surface area is 168 Å². The van der Waals surface area contributed by atoms with Crippen LogP contribution < -0.4 is 20.9 Å². The number of ether oxygens (including phenoxy) is 2. The number of benzene rings is 2. The van der Waals surface area contributed by atoms with E-state index in [-0.39, 0.29) is 4.99 Å². The lowest BCUT2D eigenvalue weighted by molar-refractivity contribution is 0.352. The molecule has 0 spiro atoms. The Morgan fingerprint density at radius 1 is 1.00 bits per heavy atom. The SMILES string of the molecule is COc1cccc(CC(N)=S)c1OC.NC(=S)c1cccc(Cl)c1Cl. The van der Waals surface area contributed by atoms with Crippen LogP contribution in [0.4, 0.5) is 0 Å². The van der Waals surface area contributed by atoms with Gasteiger partial charge in [-0.2, -0.15) is 0 Å². The van der Waals surface area contributed by atoms with Crippen LogP contribution in [0.1, 0.15) is 11.1 Å². The molecule has 0 heterocycles. The van der Waals surface area contributed by atoms with Crippen molar-refractivity contribution in [2.45, 2.75) is 6.42 Å². The molecule has 0 saturated heterocycles. The smallest absolute Gasteiger partial charge is 0.164 e. The number of hydrogen-bond acceptors (Lipinski definition) is 4. The van der Waals surface area contributed by atoms with Crippen LogP contribution in [-0.4, -0.2) is 24.2 Å². The Hall–Kier alpha value is -1.60. The number of para-hydroxylation sites is 1. The number of hydrogen-bond donors (Lipinski definition) is 2. The van der Waals surface area contributed by atoms with Gasteiger partial charge in [0.25, 0.3) is 0 Å². The summed E-state index contributed by atoms with van der Waals surface area (Å²) in [5.41, 5.74) is 12.4. The lowest BCUT2D eigenvalue weighted by Gasteiger charge is -2.11. The van der Waals surface area contributed by atoms with Gasteiger partial charge in [-0.3, -0.25) is 0 Å². The summed E-state index contributed by atoms with van der Waals surface area (Å²) in [6, 6.07) is 10.8. The Balaban J connectivity index is 0.000000257. The maximum atomic E-state index is 5.79. The van der Waals surface area contributed by atoms with Gasteiger partial charge < -0.3 is 20.9 Å². The van der Waals surface area contributed by atoms with E-state index in [1.165, 1.54) is 0 Å². The van der Waals surface area contributed by atoms with Crippen LogP contribution in [0.25, 0.3) is 0 Å². The van der Waals surface area contributed by atoms with E-state index in [2.05, 4.69) is 0 Å². The molecule has 0 unspecified atom stereocenters. The molecule has 2 aromatic rings. The Morgan fingerprint density at radius 3 is 2.12 bits per heavy atom. The minimum absolute atomic E-state index is 0.262. The van der Waals surface area contributed by atoms with Crippen molar-refractivity contribution in [1.29, 1.82) is 0 Å². The lowest BCUT2D eigenvalue weighted by atomic mass is 10.1. The molecular formula is C17H18Cl2N2O2S2. The Bertz CT molecular complexity index is 770. The zero-order valence-corrected chi connectivity index (χ0v) is 16.9. The van der Waals surface area contributed by atoms with Crippen molar-refractivity contribution >= 4 is 57.6 Å². The van der Waals surface area contributed by atoms with Crippen LogP contribution in [0.5, 0.6) is 11.5 Å². The van der Waals surface area contributed by atoms with Crippen molar-refractivity contribution in [2.75, 3.05) is 14.2 Å². The van der Waals surface area contributed by atoms with Gasteiger partial charge in [0.1, 0.15) is 4.99 Å². The largest absolute Gasteiger partial charge is 0.493 e. The molecule has 0 aromatic heterocycles. The second kappa shape index (κ2) is 10.4. The molecule has 2 aromatic carbocycles. The van der Waals surface area contributed by atoms with Gasteiger partial charge in [0.15, 0.2) is 11.5 Å². The van der Waals surface area contributed by atoms with Crippen molar-refractivity contribution in [1.82, 2.24) is 0 Å². The highest BCUT2D eigenvalue weighted by molar-refractivity contribution is 7.80. The molecule has 2 rings (SSSR count). The number of rotatable bonds is 5.